The third-order valence-corrected chi connectivity index (χ3v) is 4.45. The molecule has 1 amide bonds. The van der Waals surface area contributed by atoms with Gasteiger partial charge in [-0.25, -0.2) is 0 Å². The average molecular weight is 392 g/mol. The molecule has 0 radical (unpaired) electrons. The van der Waals surface area contributed by atoms with Crippen molar-refractivity contribution in [3.05, 3.63) is 59.7 Å². The van der Waals surface area contributed by atoms with Gasteiger partial charge in [-0.2, -0.15) is 0 Å². The quantitative estimate of drug-likeness (QED) is 0.648. The molecule has 2 aromatic carbocycles. The van der Waals surface area contributed by atoms with E-state index in [4.69, 9.17) is 15.2 Å². The fourth-order valence-electron chi connectivity index (χ4n) is 3.03. The molecule has 0 aromatic heterocycles. The van der Waals surface area contributed by atoms with Gasteiger partial charge in [0.2, 0.25) is 5.91 Å². The summed E-state index contributed by atoms with van der Waals surface area (Å²) in [5.74, 6) is 1.59. The van der Waals surface area contributed by atoms with Crippen LogP contribution in [0.5, 0.6) is 11.5 Å². The van der Waals surface area contributed by atoms with Crippen molar-refractivity contribution in [2.24, 2.45) is 0 Å². The van der Waals surface area contributed by atoms with E-state index >= 15 is 0 Å². The molecule has 5 nitrogen and oxygen atoms in total. The molecule has 0 fully saturated rings. The number of nitrogens with two attached hydrogens (primary N) is 1. The molecular formula is C24H28N2O3. The van der Waals surface area contributed by atoms with Crippen molar-refractivity contribution in [3.8, 4) is 11.5 Å². The van der Waals surface area contributed by atoms with Crippen LogP contribution in [0.4, 0.5) is 11.4 Å². The first-order chi connectivity index (χ1) is 13.5. The first-order valence-electron chi connectivity index (χ1n) is 9.61. The van der Waals surface area contributed by atoms with E-state index in [2.05, 4.69) is 11.4 Å². The number of ether oxygens (including phenoxy) is 2. The van der Waals surface area contributed by atoms with Crippen LogP contribution in [0, 0.1) is 0 Å². The molecule has 2 aliphatic heterocycles. The highest BCUT2D eigenvalue weighted by Crippen LogP contribution is 2.33. The van der Waals surface area contributed by atoms with Crippen molar-refractivity contribution in [1.29, 1.82) is 0 Å². The number of carbonyl (C=O) groups is 1. The summed E-state index contributed by atoms with van der Waals surface area (Å²) in [5, 5.41) is 2.74. The fraction of sp³-hybridized carbons (Fsp3) is 0.292. The average Bonchev–Trinajstić information content (AvgIpc) is 2.59. The van der Waals surface area contributed by atoms with Crippen LogP contribution in [0.15, 0.2) is 48.6 Å². The molecule has 0 saturated carbocycles. The van der Waals surface area contributed by atoms with Crippen LogP contribution in [-0.2, 0) is 4.79 Å². The van der Waals surface area contributed by atoms with Crippen molar-refractivity contribution in [2.45, 2.75) is 45.8 Å². The van der Waals surface area contributed by atoms with Gasteiger partial charge in [0.25, 0.3) is 0 Å². The lowest BCUT2D eigenvalue weighted by molar-refractivity contribution is -0.114. The molecule has 2 heterocycles. The lowest BCUT2D eigenvalue weighted by Crippen LogP contribution is -2.27. The third-order valence-electron chi connectivity index (χ3n) is 4.45. The summed E-state index contributed by atoms with van der Waals surface area (Å²) in [7, 11) is 0. The van der Waals surface area contributed by atoms with E-state index < -0.39 is 0 Å². The lowest BCUT2D eigenvalue weighted by Gasteiger charge is -2.28. The van der Waals surface area contributed by atoms with E-state index in [9.17, 15) is 4.79 Å². The minimum absolute atomic E-state index is 0.0782. The second-order valence-corrected chi connectivity index (χ2v) is 8.31. The Kier molecular flexibility index (Phi) is 5.42. The Hall–Kier alpha value is -3.21. The molecule has 29 heavy (non-hydrogen) atoms. The van der Waals surface area contributed by atoms with Gasteiger partial charge in [0.15, 0.2) is 0 Å². The summed E-state index contributed by atoms with van der Waals surface area (Å²) in [4.78, 5) is 10.9. The number of anilines is 2. The zero-order valence-electron chi connectivity index (χ0n) is 17.6. The molecule has 2 aliphatic rings. The number of nitrogen functional groups attached to an aromatic ring is 1. The molecule has 0 atom stereocenters. The summed E-state index contributed by atoms with van der Waals surface area (Å²) in [5.41, 5.74) is 8.78. The van der Waals surface area contributed by atoms with Crippen molar-refractivity contribution >= 4 is 29.4 Å². The van der Waals surface area contributed by atoms with Gasteiger partial charge in [-0.05, 0) is 64.1 Å². The van der Waals surface area contributed by atoms with Crippen LogP contribution in [0.25, 0.3) is 12.2 Å². The molecule has 0 saturated heterocycles. The second-order valence-electron chi connectivity index (χ2n) is 8.31. The second kappa shape index (κ2) is 7.66. The maximum absolute atomic E-state index is 10.9. The van der Waals surface area contributed by atoms with Crippen LogP contribution in [0.1, 0.15) is 45.7 Å². The number of amides is 1. The van der Waals surface area contributed by atoms with Crippen LogP contribution in [0.2, 0.25) is 0 Å². The first-order valence-corrected chi connectivity index (χ1v) is 9.61. The van der Waals surface area contributed by atoms with Crippen molar-refractivity contribution in [1.82, 2.24) is 0 Å². The zero-order chi connectivity index (χ0) is 21.2. The van der Waals surface area contributed by atoms with E-state index in [0.717, 1.165) is 34.0 Å². The fourth-order valence-corrected chi connectivity index (χ4v) is 3.03. The summed E-state index contributed by atoms with van der Waals surface area (Å²) < 4.78 is 11.5. The molecule has 0 bridgehead atoms. The Labute approximate surface area is 172 Å². The molecule has 2 aromatic rings. The topological polar surface area (TPSA) is 73.6 Å². The normalized spacial score (nSPS) is 16.9. The van der Waals surface area contributed by atoms with Crippen LogP contribution < -0.4 is 20.5 Å². The highest BCUT2D eigenvalue weighted by Gasteiger charge is 2.22. The number of fused-ring (bicyclic) bond motifs is 2. The molecule has 5 heteroatoms. The Morgan fingerprint density at radius 2 is 1.38 bits per heavy atom. The van der Waals surface area contributed by atoms with Gasteiger partial charge in [-0.1, -0.05) is 12.2 Å². The minimum atomic E-state index is -0.290. The van der Waals surface area contributed by atoms with Gasteiger partial charge < -0.3 is 20.5 Å². The SMILES string of the molecule is CC(=O)Nc1ccc2c(c1)OC(C)(C)C=C2.CC1(C)C=Cc2ccc(N)cc2O1. The number of rotatable bonds is 1. The number of hydrogen-bond acceptors (Lipinski definition) is 4. The number of benzene rings is 2. The van der Waals surface area contributed by atoms with E-state index in [-0.39, 0.29) is 17.1 Å². The smallest absolute Gasteiger partial charge is 0.221 e. The molecule has 0 aliphatic carbocycles. The standard InChI is InChI=1S/C13H15NO2.C11H13NO/c1-9(15)14-11-5-4-10-6-7-13(2,3)16-12(10)8-11;1-11(2)6-5-8-3-4-9(12)7-10(8)13-11/h4-8H,1-3H3,(H,14,15);3-7H,12H2,1-2H3. The monoisotopic (exact) mass is 392 g/mol. The lowest BCUT2D eigenvalue weighted by atomic mass is 10.0. The maximum atomic E-state index is 10.9. The van der Waals surface area contributed by atoms with Crippen molar-refractivity contribution < 1.29 is 14.3 Å². The Morgan fingerprint density at radius 1 is 0.862 bits per heavy atom. The molecule has 4 rings (SSSR count). The van der Waals surface area contributed by atoms with Gasteiger partial charge in [-0.15, -0.1) is 0 Å². The summed E-state index contributed by atoms with van der Waals surface area (Å²) >= 11 is 0. The number of carbonyl (C=O) groups excluding carboxylic acids is 1. The zero-order valence-corrected chi connectivity index (χ0v) is 17.6. The Morgan fingerprint density at radius 3 is 1.93 bits per heavy atom. The molecule has 152 valence electrons. The predicted octanol–water partition coefficient (Wildman–Crippen LogP) is 5.28. The molecule has 3 N–H and O–H groups in total. The van der Waals surface area contributed by atoms with Crippen molar-refractivity contribution in [3.63, 3.8) is 0 Å². The summed E-state index contributed by atoms with van der Waals surface area (Å²) in [6.07, 6.45) is 8.17. The van der Waals surface area contributed by atoms with Gasteiger partial charge in [0.1, 0.15) is 22.7 Å². The Bertz CT molecular complexity index is 988. The number of nitrogens with one attached hydrogen (secondary N) is 1. The van der Waals surface area contributed by atoms with Crippen molar-refractivity contribution in [2.75, 3.05) is 11.1 Å². The van der Waals surface area contributed by atoms with Gasteiger partial charge in [0, 0.05) is 41.6 Å². The maximum Gasteiger partial charge on any atom is 0.221 e. The first kappa shape index (κ1) is 20.5. The Balaban J connectivity index is 0.000000169. The van der Waals surface area contributed by atoms with E-state index in [0.29, 0.717) is 0 Å². The third kappa shape index (κ3) is 5.41. The molecule has 0 spiro atoms. The van der Waals surface area contributed by atoms with Crippen LogP contribution >= 0.6 is 0 Å². The highest BCUT2D eigenvalue weighted by atomic mass is 16.5. The number of hydrogen-bond donors (Lipinski definition) is 2. The predicted molar refractivity (Wildman–Crippen MR) is 119 cm³/mol. The van der Waals surface area contributed by atoms with E-state index in [1.54, 1.807) is 0 Å². The van der Waals surface area contributed by atoms with Crippen LogP contribution in [0.3, 0.4) is 0 Å². The molecule has 0 unspecified atom stereocenters. The largest absolute Gasteiger partial charge is 0.483 e. The van der Waals surface area contributed by atoms with Gasteiger partial charge >= 0.3 is 0 Å². The van der Waals surface area contributed by atoms with E-state index in [1.165, 1.54) is 6.92 Å². The highest BCUT2D eigenvalue weighted by molar-refractivity contribution is 5.89. The summed E-state index contributed by atoms with van der Waals surface area (Å²) in [6, 6.07) is 11.4. The molecular weight excluding hydrogens is 364 g/mol. The van der Waals surface area contributed by atoms with Crippen LogP contribution in [-0.4, -0.2) is 17.1 Å². The van der Waals surface area contributed by atoms with Gasteiger partial charge in [-0.3, -0.25) is 4.79 Å². The minimum Gasteiger partial charge on any atom is -0.483 e. The van der Waals surface area contributed by atoms with Gasteiger partial charge in [0.05, 0.1) is 0 Å². The van der Waals surface area contributed by atoms with E-state index in [1.807, 2.05) is 82.3 Å². The summed E-state index contributed by atoms with van der Waals surface area (Å²) in [6.45, 7) is 9.53.